The van der Waals surface area contributed by atoms with E-state index < -0.39 is 9.84 Å². The summed E-state index contributed by atoms with van der Waals surface area (Å²) in [5, 5.41) is 0. The highest BCUT2D eigenvalue weighted by molar-refractivity contribution is 7.91. The molecule has 1 heterocycles. The second kappa shape index (κ2) is 7.11. The molecule has 1 saturated heterocycles. The molecule has 1 atom stereocenters. The van der Waals surface area contributed by atoms with Crippen LogP contribution in [0.25, 0.3) is 0 Å². The molecule has 0 saturated carbocycles. The van der Waals surface area contributed by atoms with Crippen LogP contribution in [-0.4, -0.2) is 57.5 Å². The molecule has 1 aromatic carbocycles. The molecular weight excluding hydrogens is 306 g/mol. The number of hydrogen-bond acceptors (Lipinski definition) is 5. The van der Waals surface area contributed by atoms with Gasteiger partial charge >= 0.3 is 0 Å². The van der Waals surface area contributed by atoms with Crippen LogP contribution in [0.5, 0.6) is 5.75 Å². The number of benzene rings is 1. The van der Waals surface area contributed by atoms with Crippen molar-refractivity contribution in [2.45, 2.75) is 19.1 Å². The van der Waals surface area contributed by atoms with Crippen LogP contribution in [0.4, 0.5) is 0 Å². The Balaban J connectivity index is 1.80. The third kappa shape index (κ3) is 4.45. The molecule has 7 heteroatoms. The average Bonchev–Trinajstić information content (AvgIpc) is 2.86. The normalized spacial score (nSPS) is 19.8. The Morgan fingerprint density at radius 1 is 1.41 bits per heavy atom. The lowest BCUT2D eigenvalue weighted by Crippen LogP contribution is -2.39. The Bertz CT molecular complexity index is 629. The zero-order valence-corrected chi connectivity index (χ0v) is 13.6. The highest BCUT2D eigenvalue weighted by Gasteiger charge is 2.32. The summed E-state index contributed by atoms with van der Waals surface area (Å²) in [5.41, 5.74) is 0.915. The van der Waals surface area contributed by atoms with E-state index >= 15 is 0 Å². The van der Waals surface area contributed by atoms with Crippen molar-refractivity contribution in [3.05, 3.63) is 29.8 Å². The van der Waals surface area contributed by atoms with Crippen molar-refractivity contribution >= 4 is 15.7 Å². The second-order valence-corrected chi connectivity index (χ2v) is 7.63. The fourth-order valence-electron chi connectivity index (χ4n) is 2.40. The van der Waals surface area contributed by atoms with Gasteiger partial charge in [-0.1, -0.05) is 12.1 Å². The lowest BCUT2D eigenvalue weighted by atomic mass is 10.2. The van der Waals surface area contributed by atoms with Crippen molar-refractivity contribution in [1.82, 2.24) is 4.90 Å². The minimum atomic E-state index is -2.99. The number of ether oxygens (including phenoxy) is 2. The Morgan fingerprint density at radius 3 is 2.82 bits per heavy atom. The molecule has 22 heavy (non-hydrogen) atoms. The molecule has 0 aromatic heterocycles. The Labute approximate surface area is 130 Å². The molecule has 0 N–H and O–H groups in total. The van der Waals surface area contributed by atoms with Gasteiger partial charge in [-0.05, 0) is 24.1 Å². The largest absolute Gasteiger partial charge is 0.497 e. The number of hydrogen-bond donors (Lipinski definition) is 0. The number of rotatable bonds is 6. The molecule has 1 unspecified atom stereocenters. The molecule has 1 aliphatic heterocycles. The number of likely N-dealkylation sites (N-methyl/N-ethyl adjacent to an activating group) is 1. The lowest BCUT2D eigenvalue weighted by molar-refractivity contribution is -0.136. The van der Waals surface area contributed by atoms with Crippen LogP contribution in [0.2, 0.25) is 0 Å². The topological polar surface area (TPSA) is 72.9 Å². The predicted molar refractivity (Wildman–Crippen MR) is 82.5 cm³/mol. The lowest BCUT2D eigenvalue weighted by Gasteiger charge is -2.23. The summed E-state index contributed by atoms with van der Waals surface area (Å²) < 4.78 is 33.4. The first kappa shape index (κ1) is 16.8. The quantitative estimate of drug-likeness (QED) is 0.775. The van der Waals surface area contributed by atoms with E-state index in [1.807, 2.05) is 24.3 Å². The van der Waals surface area contributed by atoms with Crippen LogP contribution in [0.1, 0.15) is 12.0 Å². The van der Waals surface area contributed by atoms with Crippen LogP contribution >= 0.6 is 0 Å². The fourth-order valence-corrected chi connectivity index (χ4v) is 4.18. The van der Waals surface area contributed by atoms with Gasteiger partial charge in [0, 0.05) is 13.1 Å². The Hall–Kier alpha value is -1.60. The number of nitrogens with zero attached hydrogens (tertiary/aromatic N) is 1. The molecule has 0 spiro atoms. The fraction of sp³-hybridized carbons (Fsp3) is 0.533. The van der Waals surface area contributed by atoms with E-state index in [1.54, 1.807) is 14.2 Å². The first-order valence-electron chi connectivity index (χ1n) is 7.08. The van der Waals surface area contributed by atoms with Gasteiger partial charge in [0.15, 0.2) is 9.84 Å². The van der Waals surface area contributed by atoms with Crippen molar-refractivity contribution < 1.29 is 22.7 Å². The zero-order chi connectivity index (χ0) is 16.2. The molecule has 0 aliphatic carbocycles. The highest BCUT2D eigenvalue weighted by atomic mass is 32.2. The van der Waals surface area contributed by atoms with Gasteiger partial charge in [-0.3, -0.25) is 4.79 Å². The molecular formula is C15H21NO5S. The Morgan fingerprint density at radius 2 is 2.18 bits per heavy atom. The van der Waals surface area contributed by atoms with Crippen LogP contribution in [-0.2, 0) is 26.0 Å². The summed E-state index contributed by atoms with van der Waals surface area (Å²) in [6.45, 7) is 0.240. The summed E-state index contributed by atoms with van der Waals surface area (Å²) in [7, 11) is 0.225. The standard InChI is InChI=1S/C15H21NO5S/c1-16(13-6-7-22(18,19)11-13)15(17)10-21-9-12-4-3-5-14(8-12)20-2/h3-5,8,13H,6-7,9-11H2,1-2H3. The van der Waals surface area contributed by atoms with Crippen molar-refractivity contribution in [2.24, 2.45) is 0 Å². The smallest absolute Gasteiger partial charge is 0.248 e. The summed E-state index contributed by atoms with van der Waals surface area (Å²) in [5.74, 6) is 0.733. The van der Waals surface area contributed by atoms with Gasteiger partial charge in [-0.25, -0.2) is 8.42 Å². The van der Waals surface area contributed by atoms with E-state index in [0.29, 0.717) is 13.0 Å². The monoisotopic (exact) mass is 327 g/mol. The molecule has 0 radical (unpaired) electrons. The minimum Gasteiger partial charge on any atom is -0.497 e. The molecule has 2 rings (SSSR count). The SMILES string of the molecule is COc1cccc(COCC(=O)N(C)C2CCS(=O)(=O)C2)c1. The van der Waals surface area contributed by atoms with E-state index in [1.165, 1.54) is 4.90 Å². The molecule has 1 fully saturated rings. The average molecular weight is 327 g/mol. The summed E-state index contributed by atoms with van der Waals surface area (Å²) in [6, 6.07) is 7.19. The highest BCUT2D eigenvalue weighted by Crippen LogP contribution is 2.17. The van der Waals surface area contributed by atoms with Gasteiger partial charge in [0.1, 0.15) is 12.4 Å². The molecule has 1 aromatic rings. The minimum absolute atomic E-state index is 0.0468. The zero-order valence-electron chi connectivity index (χ0n) is 12.8. The van der Waals surface area contributed by atoms with E-state index in [0.717, 1.165) is 11.3 Å². The van der Waals surface area contributed by atoms with Crippen LogP contribution in [0.15, 0.2) is 24.3 Å². The number of carbonyl (C=O) groups is 1. The number of methoxy groups -OCH3 is 1. The number of sulfone groups is 1. The molecule has 1 aliphatic rings. The van der Waals surface area contributed by atoms with Gasteiger partial charge in [-0.15, -0.1) is 0 Å². The predicted octanol–water partition coefficient (Wildman–Crippen LogP) is 0.857. The maximum absolute atomic E-state index is 12.0. The first-order valence-corrected chi connectivity index (χ1v) is 8.90. The molecule has 1 amide bonds. The molecule has 0 bridgehead atoms. The van der Waals surface area contributed by atoms with Crippen LogP contribution in [0.3, 0.4) is 0 Å². The molecule has 6 nitrogen and oxygen atoms in total. The number of carbonyl (C=O) groups excluding carboxylic acids is 1. The van der Waals surface area contributed by atoms with Crippen molar-refractivity contribution in [2.75, 3.05) is 32.3 Å². The van der Waals surface area contributed by atoms with Gasteiger partial charge in [0.25, 0.3) is 0 Å². The third-order valence-electron chi connectivity index (χ3n) is 3.78. The van der Waals surface area contributed by atoms with Gasteiger partial charge in [-0.2, -0.15) is 0 Å². The number of amides is 1. The van der Waals surface area contributed by atoms with Gasteiger partial charge < -0.3 is 14.4 Å². The third-order valence-corrected chi connectivity index (χ3v) is 5.53. The first-order chi connectivity index (χ1) is 10.4. The van der Waals surface area contributed by atoms with E-state index in [-0.39, 0.29) is 30.1 Å². The van der Waals surface area contributed by atoms with E-state index in [9.17, 15) is 13.2 Å². The Kier molecular flexibility index (Phi) is 5.42. The van der Waals surface area contributed by atoms with Crippen LogP contribution < -0.4 is 4.74 Å². The maximum Gasteiger partial charge on any atom is 0.248 e. The van der Waals surface area contributed by atoms with E-state index in [4.69, 9.17) is 9.47 Å². The van der Waals surface area contributed by atoms with Crippen molar-refractivity contribution in [3.63, 3.8) is 0 Å². The van der Waals surface area contributed by atoms with Crippen molar-refractivity contribution in [1.29, 1.82) is 0 Å². The van der Waals surface area contributed by atoms with Gasteiger partial charge in [0.05, 0.1) is 25.2 Å². The maximum atomic E-state index is 12.0. The summed E-state index contributed by atoms with van der Waals surface area (Å²) in [6.07, 6.45) is 0.500. The summed E-state index contributed by atoms with van der Waals surface area (Å²) in [4.78, 5) is 13.5. The molecule has 122 valence electrons. The van der Waals surface area contributed by atoms with E-state index in [2.05, 4.69) is 0 Å². The van der Waals surface area contributed by atoms with Gasteiger partial charge in [0.2, 0.25) is 5.91 Å². The summed E-state index contributed by atoms with van der Waals surface area (Å²) >= 11 is 0. The van der Waals surface area contributed by atoms with Crippen LogP contribution in [0, 0.1) is 0 Å². The second-order valence-electron chi connectivity index (χ2n) is 5.41. The van der Waals surface area contributed by atoms with Crippen molar-refractivity contribution in [3.8, 4) is 5.75 Å².